The maximum Gasteiger partial charge on any atom is 0.219 e. The zero-order valence-electron chi connectivity index (χ0n) is 8.13. The van der Waals surface area contributed by atoms with E-state index in [9.17, 15) is 9.90 Å². The van der Waals surface area contributed by atoms with E-state index in [1.54, 1.807) is 6.92 Å². The van der Waals surface area contributed by atoms with Crippen LogP contribution in [0.25, 0.3) is 0 Å². The summed E-state index contributed by atoms with van der Waals surface area (Å²) in [6, 6.07) is 0. The van der Waals surface area contributed by atoms with Gasteiger partial charge < -0.3 is 10.4 Å². The first-order chi connectivity index (χ1) is 5.56. The van der Waals surface area contributed by atoms with Crippen molar-refractivity contribution in [2.45, 2.75) is 39.7 Å². The first-order valence-corrected chi connectivity index (χ1v) is 4.51. The minimum atomic E-state index is -0.402. The lowest BCUT2D eigenvalue weighted by molar-refractivity contribution is -0.121. The van der Waals surface area contributed by atoms with E-state index in [2.05, 4.69) is 5.32 Å². The van der Waals surface area contributed by atoms with E-state index in [0.29, 0.717) is 18.9 Å². The molecule has 72 valence electrons. The third-order valence-corrected chi connectivity index (χ3v) is 1.60. The molecule has 12 heavy (non-hydrogen) atoms. The molecule has 0 aliphatic heterocycles. The Morgan fingerprint density at radius 2 is 2.08 bits per heavy atom. The molecule has 3 nitrogen and oxygen atoms in total. The third kappa shape index (κ3) is 6.16. The van der Waals surface area contributed by atoms with Gasteiger partial charge in [-0.3, -0.25) is 4.79 Å². The first-order valence-electron chi connectivity index (χ1n) is 4.51. The van der Waals surface area contributed by atoms with E-state index in [4.69, 9.17) is 0 Å². The minimum Gasteiger partial charge on any atom is -0.391 e. The lowest BCUT2D eigenvalue weighted by Crippen LogP contribution is -2.32. The molecule has 1 amide bonds. The van der Waals surface area contributed by atoms with Gasteiger partial charge in [0.25, 0.3) is 0 Å². The topological polar surface area (TPSA) is 49.3 Å². The van der Waals surface area contributed by atoms with Crippen LogP contribution in [0.3, 0.4) is 0 Å². The Labute approximate surface area is 74.2 Å². The van der Waals surface area contributed by atoms with E-state index >= 15 is 0 Å². The minimum absolute atomic E-state index is 0.00203. The molecule has 1 unspecified atom stereocenters. The van der Waals surface area contributed by atoms with Gasteiger partial charge in [0, 0.05) is 13.0 Å². The molecule has 2 N–H and O–H groups in total. The summed E-state index contributed by atoms with van der Waals surface area (Å²) in [5.74, 6) is 0.469. The summed E-state index contributed by atoms with van der Waals surface area (Å²) in [4.78, 5) is 10.8. The second-order valence-corrected chi connectivity index (χ2v) is 3.44. The van der Waals surface area contributed by atoms with Crippen LogP contribution in [0.4, 0.5) is 0 Å². The quantitative estimate of drug-likeness (QED) is 0.649. The molecule has 0 heterocycles. The highest BCUT2D eigenvalue weighted by atomic mass is 16.3. The molecule has 0 aromatic rings. The maximum absolute atomic E-state index is 10.8. The molecule has 0 fully saturated rings. The van der Waals surface area contributed by atoms with Gasteiger partial charge in [0.1, 0.15) is 0 Å². The molecule has 0 rings (SSSR count). The van der Waals surface area contributed by atoms with Gasteiger partial charge in [0.2, 0.25) is 5.91 Å². The van der Waals surface area contributed by atoms with Crippen molar-refractivity contribution in [2.24, 2.45) is 5.92 Å². The SMILES string of the molecule is CCC(=O)NCC(O)CC(C)C. The van der Waals surface area contributed by atoms with Crippen LogP contribution in [0.2, 0.25) is 0 Å². The summed E-state index contributed by atoms with van der Waals surface area (Å²) in [5.41, 5.74) is 0. The number of hydrogen-bond acceptors (Lipinski definition) is 2. The van der Waals surface area contributed by atoms with Crippen LogP contribution in [0.5, 0.6) is 0 Å². The monoisotopic (exact) mass is 173 g/mol. The summed E-state index contributed by atoms with van der Waals surface area (Å²) >= 11 is 0. The molecule has 0 radical (unpaired) electrons. The van der Waals surface area contributed by atoms with Gasteiger partial charge in [-0.05, 0) is 12.3 Å². The Hall–Kier alpha value is -0.570. The van der Waals surface area contributed by atoms with Crippen LogP contribution in [-0.4, -0.2) is 23.7 Å². The smallest absolute Gasteiger partial charge is 0.219 e. The Balaban J connectivity index is 3.43. The van der Waals surface area contributed by atoms with Crippen LogP contribution < -0.4 is 5.32 Å². The van der Waals surface area contributed by atoms with E-state index in [1.807, 2.05) is 13.8 Å². The Morgan fingerprint density at radius 1 is 1.50 bits per heavy atom. The van der Waals surface area contributed by atoms with E-state index in [0.717, 1.165) is 6.42 Å². The molecular weight excluding hydrogens is 154 g/mol. The number of carbonyl (C=O) groups excluding carboxylic acids is 1. The highest BCUT2D eigenvalue weighted by Gasteiger charge is 2.07. The number of nitrogens with one attached hydrogen (secondary N) is 1. The van der Waals surface area contributed by atoms with Crippen molar-refractivity contribution in [3.8, 4) is 0 Å². The highest BCUT2D eigenvalue weighted by molar-refractivity contribution is 5.75. The fourth-order valence-corrected chi connectivity index (χ4v) is 0.984. The fraction of sp³-hybridized carbons (Fsp3) is 0.889. The number of hydrogen-bond donors (Lipinski definition) is 2. The average molecular weight is 173 g/mol. The number of aliphatic hydroxyl groups is 1. The van der Waals surface area contributed by atoms with Gasteiger partial charge in [-0.2, -0.15) is 0 Å². The van der Waals surface area contributed by atoms with Crippen LogP contribution >= 0.6 is 0 Å². The van der Waals surface area contributed by atoms with Crippen molar-refractivity contribution in [1.29, 1.82) is 0 Å². The van der Waals surface area contributed by atoms with Crippen molar-refractivity contribution < 1.29 is 9.90 Å². The molecule has 0 aromatic carbocycles. The normalized spacial score (nSPS) is 13.1. The molecule has 1 atom stereocenters. The average Bonchev–Trinajstić information content (AvgIpc) is 1.99. The van der Waals surface area contributed by atoms with Crippen LogP contribution in [0, 0.1) is 5.92 Å². The predicted molar refractivity (Wildman–Crippen MR) is 48.8 cm³/mol. The summed E-state index contributed by atoms with van der Waals surface area (Å²) in [6.07, 6.45) is 0.818. The lowest BCUT2D eigenvalue weighted by Gasteiger charge is -2.13. The fourth-order valence-electron chi connectivity index (χ4n) is 0.984. The molecule has 0 aliphatic rings. The van der Waals surface area contributed by atoms with E-state index in [1.165, 1.54) is 0 Å². The standard InChI is InChI=1S/C9H19NO2/c1-4-9(12)10-6-8(11)5-7(2)3/h7-8,11H,4-6H2,1-3H3,(H,10,12). The van der Waals surface area contributed by atoms with Gasteiger partial charge in [-0.25, -0.2) is 0 Å². The van der Waals surface area contributed by atoms with Crippen LogP contribution in [0.15, 0.2) is 0 Å². The third-order valence-electron chi connectivity index (χ3n) is 1.60. The predicted octanol–water partition coefficient (Wildman–Crippen LogP) is 0.920. The second-order valence-electron chi connectivity index (χ2n) is 3.44. The number of aliphatic hydroxyl groups excluding tert-OH is 1. The number of amides is 1. The van der Waals surface area contributed by atoms with E-state index in [-0.39, 0.29) is 5.91 Å². The highest BCUT2D eigenvalue weighted by Crippen LogP contribution is 2.02. The van der Waals surface area contributed by atoms with E-state index < -0.39 is 6.10 Å². The first kappa shape index (κ1) is 11.4. The van der Waals surface area contributed by atoms with Crippen molar-refractivity contribution in [2.75, 3.05) is 6.54 Å². The van der Waals surface area contributed by atoms with Gasteiger partial charge >= 0.3 is 0 Å². The van der Waals surface area contributed by atoms with Crippen molar-refractivity contribution >= 4 is 5.91 Å². The Bertz CT molecular complexity index is 134. The molecular formula is C9H19NO2. The molecule has 0 spiro atoms. The van der Waals surface area contributed by atoms with Crippen molar-refractivity contribution in [3.05, 3.63) is 0 Å². The van der Waals surface area contributed by atoms with Crippen LogP contribution in [0.1, 0.15) is 33.6 Å². The molecule has 0 aliphatic carbocycles. The Kier molecular flexibility index (Phi) is 5.72. The van der Waals surface area contributed by atoms with Gasteiger partial charge in [-0.1, -0.05) is 20.8 Å². The Morgan fingerprint density at radius 3 is 2.50 bits per heavy atom. The molecule has 0 bridgehead atoms. The molecule has 3 heteroatoms. The lowest BCUT2D eigenvalue weighted by atomic mass is 10.1. The number of carbonyl (C=O) groups is 1. The second kappa shape index (κ2) is 6.00. The molecule has 0 saturated heterocycles. The number of rotatable bonds is 5. The molecule has 0 saturated carbocycles. The summed E-state index contributed by atoms with van der Waals surface area (Å²) in [6.45, 7) is 6.27. The zero-order valence-corrected chi connectivity index (χ0v) is 8.13. The zero-order chi connectivity index (χ0) is 9.56. The maximum atomic E-state index is 10.8. The van der Waals surface area contributed by atoms with Gasteiger partial charge in [0.15, 0.2) is 0 Å². The van der Waals surface area contributed by atoms with Crippen molar-refractivity contribution in [3.63, 3.8) is 0 Å². The van der Waals surface area contributed by atoms with Crippen LogP contribution in [-0.2, 0) is 4.79 Å². The molecule has 0 aromatic heterocycles. The van der Waals surface area contributed by atoms with Gasteiger partial charge in [-0.15, -0.1) is 0 Å². The summed E-state index contributed by atoms with van der Waals surface area (Å²) in [7, 11) is 0. The largest absolute Gasteiger partial charge is 0.391 e. The van der Waals surface area contributed by atoms with Crippen molar-refractivity contribution in [1.82, 2.24) is 5.32 Å². The summed E-state index contributed by atoms with van der Waals surface area (Å²) in [5, 5.41) is 12.0. The summed E-state index contributed by atoms with van der Waals surface area (Å²) < 4.78 is 0. The van der Waals surface area contributed by atoms with Gasteiger partial charge in [0.05, 0.1) is 6.10 Å².